The van der Waals surface area contributed by atoms with Gasteiger partial charge in [-0.25, -0.2) is 0 Å². The number of likely N-dealkylation sites (tertiary alicyclic amines) is 1. The zero-order chi connectivity index (χ0) is 27.2. The third-order valence-corrected chi connectivity index (χ3v) is 10.4. The first-order valence-corrected chi connectivity index (χ1v) is 14.6. The summed E-state index contributed by atoms with van der Waals surface area (Å²) in [6, 6.07) is 5.38. The highest BCUT2D eigenvalue weighted by molar-refractivity contribution is 8.02. The van der Waals surface area contributed by atoms with E-state index in [4.69, 9.17) is 0 Å². The monoisotopic (exact) mass is 537 g/mol. The second-order valence-corrected chi connectivity index (χ2v) is 13.1. The molecule has 204 valence electrons. The predicted molar refractivity (Wildman–Crippen MR) is 151 cm³/mol. The molecule has 1 N–H and O–H groups in total. The van der Waals surface area contributed by atoms with E-state index in [2.05, 4.69) is 32.1 Å². The Labute approximate surface area is 229 Å². The fraction of sp³-hybridized carbons (Fsp3) is 0.567. The molecule has 1 aromatic carbocycles. The Bertz CT molecular complexity index is 1200. The van der Waals surface area contributed by atoms with Crippen LogP contribution in [0.4, 0.5) is 5.69 Å². The zero-order valence-corrected chi connectivity index (χ0v) is 23.7. The van der Waals surface area contributed by atoms with Crippen LogP contribution in [0.1, 0.15) is 44.2 Å². The summed E-state index contributed by atoms with van der Waals surface area (Å²) in [6.45, 7) is 10.2. The first kappa shape index (κ1) is 27.0. The van der Waals surface area contributed by atoms with Crippen LogP contribution in [-0.4, -0.2) is 80.9 Å². The Morgan fingerprint density at radius 1 is 0.974 bits per heavy atom. The number of fused-ring (bicyclic) bond motifs is 2. The molecule has 0 aliphatic carbocycles. The largest absolute Gasteiger partial charge is 0.396 e. The van der Waals surface area contributed by atoms with Crippen LogP contribution in [0.25, 0.3) is 0 Å². The Hall–Kier alpha value is -2.58. The van der Waals surface area contributed by atoms with Crippen LogP contribution in [0.3, 0.4) is 0 Å². The highest BCUT2D eigenvalue weighted by Gasteiger charge is 2.73. The molecule has 4 heterocycles. The van der Waals surface area contributed by atoms with Crippen molar-refractivity contribution in [1.29, 1.82) is 0 Å². The van der Waals surface area contributed by atoms with Crippen molar-refractivity contribution >= 4 is 35.2 Å². The second kappa shape index (κ2) is 10.2. The predicted octanol–water partition coefficient (Wildman–Crippen LogP) is 3.47. The molecule has 8 heteroatoms. The summed E-state index contributed by atoms with van der Waals surface area (Å²) < 4.78 is -1.43. The number of anilines is 1. The van der Waals surface area contributed by atoms with Gasteiger partial charge in [-0.05, 0) is 57.2 Å². The van der Waals surface area contributed by atoms with E-state index < -0.39 is 27.4 Å². The number of nitrogens with zero attached hydrogens (tertiary/aromatic N) is 3. The summed E-state index contributed by atoms with van der Waals surface area (Å²) in [5.74, 6) is -1.37. The van der Waals surface area contributed by atoms with Gasteiger partial charge in [-0.2, -0.15) is 0 Å². The van der Waals surface area contributed by atoms with Gasteiger partial charge in [-0.15, -0.1) is 11.8 Å². The van der Waals surface area contributed by atoms with E-state index in [9.17, 15) is 19.5 Å². The quantitative estimate of drug-likeness (QED) is 0.426. The van der Waals surface area contributed by atoms with E-state index in [1.807, 2.05) is 47.9 Å². The fourth-order valence-corrected chi connectivity index (χ4v) is 9.06. The molecule has 0 saturated carbocycles. The molecule has 7 nitrogen and oxygen atoms in total. The number of unbranched alkanes of at least 4 members (excludes halogenated alkanes) is 1. The first-order chi connectivity index (χ1) is 18.2. The molecule has 3 amide bonds. The van der Waals surface area contributed by atoms with E-state index in [1.54, 1.807) is 16.7 Å². The van der Waals surface area contributed by atoms with Crippen molar-refractivity contribution in [2.24, 2.45) is 11.8 Å². The third-order valence-electron chi connectivity index (χ3n) is 8.60. The number of aliphatic hydroxyl groups excluding tert-OH is 1. The SMILES string of the molecule is CCCN1CC=C[C@@]2(C)S[C@]34C=CCN(c5cc(C)ccc5C)C(=O)C3N(CCCCO)C(=O)[C@@H]4[C@H]2C1=O. The van der Waals surface area contributed by atoms with Gasteiger partial charge in [-0.1, -0.05) is 43.4 Å². The smallest absolute Gasteiger partial charge is 0.251 e. The van der Waals surface area contributed by atoms with Crippen LogP contribution >= 0.6 is 11.8 Å². The van der Waals surface area contributed by atoms with E-state index in [1.165, 1.54) is 0 Å². The maximum atomic E-state index is 14.6. The van der Waals surface area contributed by atoms with Gasteiger partial charge in [0.15, 0.2) is 0 Å². The lowest BCUT2D eigenvalue weighted by Gasteiger charge is -2.37. The van der Waals surface area contributed by atoms with Crippen LogP contribution in [0.2, 0.25) is 0 Å². The van der Waals surface area contributed by atoms with Crippen LogP contribution in [0.5, 0.6) is 0 Å². The Morgan fingerprint density at radius 2 is 1.74 bits per heavy atom. The number of thioether (sulfide) groups is 1. The molecule has 38 heavy (non-hydrogen) atoms. The van der Waals surface area contributed by atoms with Gasteiger partial charge in [-0.3, -0.25) is 14.4 Å². The van der Waals surface area contributed by atoms with E-state index in [-0.39, 0.29) is 24.3 Å². The van der Waals surface area contributed by atoms with Gasteiger partial charge >= 0.3 is 0 Å². The molecule has 4 aliphatic rings. The molecular weight excluding hydrogens is 498 g/mol. The molecule has 1 aromatic rings. The number of carbonyl (C=O) groups excluding carboxylic acids is 3. The maximum Gasteiger partial charge on any atom is 0.251 e. The standard InChI is InChI=1S/C30H39N3O4S/c1-5-14-31-15-8-12-29(4)23(26(31)35)24-27(36)33(16-6-7-18-34)25-28(37)32(17-9-13-30(24,25)38-29)22-19-20(2)10-11-21(22)3/h8-13,19,23-25,34H,5-7,14-18H2,1-4H3/t23-,24-,25?,29+,30-/m0/s1. The number of hydrogen-bond acceptors (Lipinski definition) is 5. The molecule has 2 saturated heterocycles. The molecule has 0 aromatic heterocycles. The second-order valence-electron chi connectivity index (χ2n) is 11.3. The van der Waals surface area contributed by atoms with Crippen molar-refractivity contribution in [1.82, 2.24) is 9.80 Å². The van der Waals surface area contributed by atoms with Crippen LogP contribution < -0.4 is 4.90 Å². The molecule has 5 atom stereocenters. The minimum absolute atomic E-state index is 0.00881. The van der Waals surface area contributed by atoms with Crippen molar-refractivity contribution in [3.8, 4) is 0 Å². The van der Waals surface area contributed by atoms with Gasteiger partial charge < -0.3 is 19.8 Å². The van der Waals surface area contributed by atoms with Crippen molar-refractivity contribution in [2.45, 2.75) is 62.5 Å². The van der Waals surface area contributed by atoms with Crippen molar-refractivity contribution in [3.63, 3.8) is 0 Å². The average Bonchev–Trinajstić information content (AvgIpc) is 3.14. The van der Waals surface area contributed by atoms with Gasteiger partial charge in [0.2, 0.25) is 11.8 Å². The molecule has 1 spiro atoms. The van der Waals surface area contributed by atoms with E-state index >= 15 is 0 Å². The van der Waals surface area contributed by atoms with Crippen LogP contribution in [-0.2, 0) is 14.4 Å². The topological polar surface area (TPSA) is 81.2 Å². The molecule has 4 aliphatic heterocycles. The van der Waals surface area contributed by atoms with Crippen molar-refractivity contribution < 1.29 is 19.5 Å². The number of amides is 3. The van der Waals surface area contributed by atoms with Crippen molar-refractivity contribution in [2.75, 3.05) is 37.7 Å². The molecule has 2 fully saturated rings. The first-order valence-electron chi connectivity index (χ1n) is 13.8. The van der Waals surface area contributed by atoms with E-state index in [0.29, 0.717) is 39.0 Å². The Kier molecular flexibility index (Phi) is 7.24. The number of rotatable bonds is 7. The summed E-state index contributed by atoms with van der Waals surface area (Å²) in [4.78, 5) is 48.3. The normalized spacial score (nSPS) is 32.4. The lowest BCUT2D eigenvalue weighted by atomic mass is 9.74. The Balaban J connectivity index is 1.63. The summed E-state index contributed by atoms with van der Waals surface area (Å²) in [6.07, 6.45) is 10.3. The maximum absolute atomic E-state index is 14.6. The number of benzene rings is 1. The van der Waals surface area contributed by atoms with Gasteiger partial charge in [0, 0.05) is 43.2 Å². The van der Waals surface area contributed by atoms with Crippen LogP contribution in [0.15, 0.2) is 42.5 Å². The third kappa shape index (κ3) is 4.11. The Morgan fingerprint density at radius 3 is 2.47 bits per heavy atom. The van der Waals surface area contributed by atoms with Crippen LogP contribution in [0, 0.1) is 25.7 Å². The molecular formula is C30H39N3O4S. The van der Waals surface area contributed by atoms with Gasteiger partial charge in [0.25, 0.3) is 5.91 Å². The number of carbonyl (C=O) groups is 3. The average molecular weight is 538 g/mol. The minimum Gasteiger partial charge on any atom is -0.396 e. The molecule has 0 bridgehead atoms. The lowest BCUT2D eigenvalue weighted by molar-refractivity contribution is -0.143. The molecule has 1 unspecified atom stereocenters. The molecule has 0 radical (unpaired) electrons. The summed E-state index contributed by atoms with van der Waals surface area (Å²) >= 11 is 1.62. The number of hydrogen-bond donors (Lipinski definition) is 1. The summed E-state index contributed by atoms with van der Waals surface area (Å²) in [5, 5.41) is 9.42. The lowest BCUT2D eigenvalue weighted by Crippen LogP contribution is -2.53. The van der Waals surface area contributed by atoms with Gasteiger partial charge in [0.05, 0.1) is 16.6 Å². The highest BCUT2D eigenvalue weighted by atomic mass is 32.2. The fourth-order valence-electron chi connectivity index (χ4n) is 6.90. The summed E-state index contributed by atoms with van der Waals surface area (Å²) in [7, 11) is 0. The highest BCUT2D eigenvalue weighted by Crippen LogP contribution is 2.65. The van der Waals surface area contributed by atoms with Crippen molar-refractivity contribution in [3.05, 3.63) is 53.6 Å². The molecule has 5 rings (SSSR count). The number of aryl methyl sites for hydroxylation is 2. The van der Waals surface area contributed by atoms with E-state index in [0.717, 1.165) is 23.2 Å². The zero-order valence-electron chi connectivity index (χ0n) is 22.9. The minimum atomic E-state index is -0.839. The summed E-state index contributed by atoms with van der Waals surface area (Å²) in [5.41, 5.74) is 2.93. The van der Waals surface area contributed by atoms with Gasteiger partial charge in [0.1, 0.15) is 6.04 Å². The number of aliphatic hydroxyl groups is 1.